The van der Waals surface area contributed by atoms with E-state index in [2.05, 4.69) is 30.9 Å². The number of nitrogens with one attached hydrogen (secondary N) is 3. The number of nitrogens with zero attached hydrogens (tertiary/aromatic N) is 3. The van der Waals surface area contributed by atoms with Crippen LogP contribution in [0.5, 0.6) is 0 Å². The number of benzene rings is 1. The Balaban J connectivity index is 1.48. The van der Waals surface area contributed by atoms with Crippen molar-refractivity contribution < 1.29 is 14.3 Å². The quantitative estimate of drug-likeness (QED) is 0.443. The van der Waals surface area contributed by atoms with Gasteiger partial charge in [0.25, 0.3) is 5.91 Å². The molecule has 9 nitrogen and oxygen atoms in total. The molecule has 2 heterocycles. The fourth-order valence-corrected chi connectivity index (χ4v) is 3.66. The summed E-state index contributed by atoms with van der Waals surface area (Å²) in [6.45, 7) is 11.7. The van der Waals surface area contributed by atoms with Gasteiger partial charge in [0.1, 0.15) is 11.3 Å². The maximum absolute atomic E-state index is 12.5. The van der Waals surface area contributed by atoms with E-state index in [0.29, 0.717) is 18.2 Å². The summed E-state index contributed by atoms with van der Waals surface area (Å²) in [7, 11) is 0. The number of fused-ring (bicyclic) bond motifs is 1. The monoisotopic (exact) mass is 490 g/mol. The highest BCUT2D eigenvalue weighted by molar-refractivity contribution is 5.94. The number of aryl methyl sites for hydroxylation is 1. The Labute approximate surface area is 211 Å². The lowest BCUT2D eigenvalue weighted by atomic mass is 10.00. The number of carbonyl (C=O) groups is 2. The Morgan fingerprint density at radius 3 is 2.50 bits per heavy atom. The van der Waals surface area contributed by atoms with Gasteiger partial charge in [0.2, 0.25) is 5.95 Å². The number of amides is 2. The minimum absolute atomic E-state index is 0.137. The lowest BCUT2D eigenvalue weighted by Gasteiger charge is -2.27. The van der Waals surface area contributed by atoms with Crippen molar-refractivity contribution in [1.82, 2.24) is 25.6 Å². The van der Waals surface area contributed by atoms with E-state index in [1.807, 2.05) is 65.8 Å². The molecule has 1 fully saturated rings. The highest BCUT2D eigenvalue weighted by Crippen LogP contribution is 2.28. The molecule has 1 aromatic carbocycles. The molecule has 190 valence electrons. The van der Waals surface area contributed by atoms with E-state index in [-0.39, 0.29) is 11.9 Å². The van der Waals surface area contributed by atoms with Gasteiger partial charge in [0, 0.05) is 30.4 Å². The van der Waals surface area contributed by atoms with Crippen LogP contribution in [0.3, 0.4) is 0 Å². The van der Waals surface area contributed by atoms with Crippen LogP contribution in [0, 0.1) is 6.92 Å². The first kappa shape index (κ1) is 25.3. The fourth-order valence-electron chi connectivity index (χ4n) is 3.66. The average molecular weight is 491 g/mol. The van der Waals surface area contributed by atoms with Gasteiger partial charge in [-0.25, -0.2) is 14.8 Å². The number of pyridine rings is 1. The van der Waals surface area contributed by atoms with E-state index < -0.39 is 17.2 Å². The molecule has 1 aliphatic carbocycles. The number of alkyl carbamates (subject to hydrolysis) is 1. The minimum atomic E-state index is -0.554. The summed E-state index contributed by atoms with van der Waals surface area (Å²) in [5, 5.41) is 9.93. The second-order valence-electron chi connectivity index (χ2n) is 11.0. The third-order valence-electron chi connectivity index (χ3n) is 5.66. The Hall–Kier alpha value is -3.75. The van der Waals surface area contributed by atoms with Gasteiger partial charge in [-0.2, -0.15) is 0 Å². The highest BCUT2D eigenvalue weighted by atomic mass is 16.6. The maximum Gasteiger partial charge on any atom is 0.407 e. The molecular formula is C27H34N6O3. The van der Waals surface area contributed by atoms with Gasteiger partial charge < -0.3 is 20.7 Å². The topological polar surface area (TPSA) is 118 Å². The molecule has 2 amide bonds. The number of hydrogen-bond acceptors (Lipinski definition) is 7. The zero-order chi connectivity index (χ0) is 26.1. The van der Waals surface area contributed by atoms with Crippen LogP contribution in [0.1, 0.15) is 63.5 Å². The molecule has 0 radical (unpaired) electrons. The standard InChI is InChI=1S/C27H34N6O3/c1-16-13-28-22(23(34)31-19-8-9-19)12-20(16)17-7-10-21-18(11-17)14-29-24(32-21)33-27(5,6)15-30-25(35)36-26(2,3)4/h7,10-14,19H,8-9,15H2,1-6H3,(H,30,35)(H,31,34)(H,29,32,33). The van der Waals surface area contributed by atoms with Crippen LogP contribution >= 0.6 is 0 Å². The molecule has 0 spiro atoms. The number of carbonyl (C=O) groups excluding carboxylic acids is 2. The van der Waals surface area contributed by atoms with Crippen molar-refractivity contribution in [3.05, 3.63) is 47.9 Å². The van der Waals surface area contributed by atoms with Gasteiger partial charge in [-0.3, -0.25) is 9.78 Å². The number of rotatable bonds is 7. The molecule has 3 aromatic rings. The first-order valence-electron chi connectivity index (χ1n) is 12.2. The lowest BCUT2D eigenvalue weighted by molar-refractivity contribution is 0.0519. The number of aromatic nitrogens is 3. The van der Waals surface area contributed by atoms with E-state index in [1.54, 1.807) is 12.4 Å². The van der Waals surface area contributed by atoms with Crippen molar-refractivity contribution in [2.24, 2.45) is 0 Å². The van der Waals surface area contributed by atoms with Crippen molar-refractivity contribution in [3.63, 3.8) is 0 Å². The minimum Gasteiger partial charge on any atom is -0.444 e. The van der Waals surface area contributed by atoms with Gasteiger partial charge in [-0.15, -0.1) is 0 Å². The zero-order valence-corrected chi connectivity index (χ0v) is 21.7. The molecule has 4 rings (SSSR count). The second kappa shape index (κ2) is 9.72. The van der Waals surface area contributed by atoms with Gasteiger partial charge in [0.05, 0.1) is 11.1 Å². The predicted molar refractivity (Wildman–Crippen MR) is 140 cm³/mol. The van der Waals surface area contributed by atoms with Crippen molar-refractivity contribution in [3.8, 4) is 11.1 Å². The van der Waals surface area contributed by atoms with E-state index >= 15 is 0 Å². The van der Waals surface area contributed by atoms with Crippen LogP contribution in [0.2, 0.25) is 0 Å². The molecule has 0 bridgehead atoms. The molecule has 2 aromatic heterocycles. The first-order chi connectivity index (χ1) is 16.9. The largest absolute Gasteiger partial charge is 0.444 e. The number of ether oxygens (including phenoxy) is 1. The Bertz CT molecular complexity index is 1290. The van der Waals surface area contributed by atoms with Crippen molar-refractivity contribution in [1.29, 1.82) is 0 Å². The van der Waals surface area contributed by atoms with E-state index in [1.165, 1.54) is 0 Å². The molecular weight excluding hydrogens is 456 g/mol. The highest BCUT2D eigenvalue weighted by Gasteiger charge is 2.25. The summed E-state index contributed by atoms with van der Waals surface area (Å²) in [4.78, 5) is 37.9. The van der Waals surface area contributed by atoms with Crippen LogP contribution in [0.15, 0.2) is 36.7 Å². The van der Waals surface area contributed by atoms with Crippen LogP contribution < -0.4 is 16.0 Å². The number of anilines is 1. The zero-order valence-electron chi connectivity index (χ0n) is 21.7. The van der Waals surface area contributed by atoms with Gasteiger partial charge >= 0.3 is 6.09 Å². The van der Waals surface area contributed by atoms with E-state index in [0.717, 1.165) is 40.4 Å². The summed E-state index contributed by atoms with van der Waals surface area (Å²) >= 11 is 0. The maximum atomic E-state index is 12.5. The average Bonchev–Trinajstić information content (AvgIpc) is 3.60. The second-order valence-corrected chi connectivity index (χ2v) is 11.0. The molecule has 1 saturated carbocycles. The normalized spacial score (nSPS) is 13.8. The van der Waals surface area contributed by atoms with E-state index in [9.17, 15) is 9.59 Å². The lowest BCUT2D eigenvalue weighted by Crippen LogP contribution is -2.45. The van der Waals surface area contributed by atoms with E-state index in [4.69, 9.17) is 4.74 Å². The molecule has 36 heavy (non-hydrogen) atoms. The van der Waals surface area contributed by atoms with Crippen molar-refractivity contribution >= 4 is 28.9 Å². The molecule has 3 N–H and O–H groups in total. The predicted octanol–water partition coefficient (Wildman–Crippen LogP) is 4.61. The molecule has 1 aliphatic rings. The van der Waals surface area contributed by atoms with Crippen LogP contribution in [0.4, 0.5) is 10.7 Å². The fraction of sp³-hybridized carbons (Fsp3) is 0.444. The third-order valence-corrected chi connectivity index (χ3v) is 5.66. The van der Waals surface area contributed by atoms with Gasteiger partial charge in [0.15, 0.2) is 0 Å². The molecule has 9 heteroatoms. The Morgan fingerprint density at radius 2 is 1.81 bits per heavy atom. The van der Waals surface area contributed by atoms with Crippen LogP contribution in [0.25, 0.3) is 22.0 Å². The number of hydrogen-bond donors (Lipinski definition) is 3. The van der Waals surface area contributed by atoms with Crippen molar-refractivity contribution in [2.75, 3.05) is 11.9 Å². The summed E-state index contributed by atoms with van der Waals surface area (Å²) in [5.41, 5.74) is 3.04. The third kappa shape index (κ3) is 6.68. The van der Waals surface area contributed by atoms with Crippen molar-refractivity contribution in [2.45, 2.75) is 71.6 Å². The first-order valence-corrected chi connectivity index (χ1v) is 12.2. The summed E-state index contributed by atoms with van der Waals surface area (Å²) in [5.74, 6) is 0.327. The van der Waals surface area contributed by atoms with Crippen LogP contribution in [-0.4, -0.2) is 50.7 Å². The Kier molecular flexibility index (Phi) is 6.84. The van der Waals surface area contributed by atoms with Gasteiger partial charge in [-0.1, -0.05) is 6.07 Å². The molecule has 0 unspecified atom stereocenters. The summed E-state index contributed by atoms with van der Waals surface area (Å²) < 4.78 is 5.30. The Morgan fingerprint density at radius 1 is 1.06 bits per heavy atom. The smallest absolute Gasteiger partial charge is 0.407 e. The SMILES string of the molecule is Cc1cnc(C(=O)NC2CC2)cc1-c1ccc2nc(NC(C)(C)CNC(=O)OC(C)(C)C)ncc2c1. The summed E-state index contributed by atoms with van der Waals surface area (Å²) in [6, 6.07) is 8.06. The van der Waals surface area contributed by atoms with Gasteiger partial charge in [-0.05, 0) is 89.3 Å². The summed E-state index contributed by atoms with van der Waals surface area (Å²) in [6.07, 6.45) is 5.09. The van der Waals surface area contributed by atoms with Crippen LogP contribution in [-0.2, 0) is 4.74 Å². The molecule has 0 atom stereocenters. The molecule has 0 saturated heterocycles. The molecule has 0 aliphatic heterocycles.